The predicted octanol–water partition coefficient (Wildman–Crippen LogP) is 5.87. The maximum Gasteiger partial charge on any atom is 0.227 e. The van der Waals surface area contributed by atoms with Crippen molar-refractivity contribution < 1.29 is 4.42 Å². The summed E-state index contributed by atoms with van der Waals surface area (Å²) >= 11 is 15.4. The number of nitrogens with zero attached hydrogens (tertiary/aromatic N) is 1. The number of aromatic nitrogens is 1. The van der Waals surface area contributed by atoms with E-state index in [2.05, 4.69) is 20.9 Å². The first-order valence-corrected chi connectivity index (χ1v) is 7.11. The average molecular weight is 357 g/mol. The van der Waals surface area contributed by atoms with Gasteiger partial charge in [0.2, 0.25) is 5.89 Å². The SMILES string of the molecule is Cc1cc(Br)c2oc(-c3ccc(Cl)c(Cl)c3)nc2c1. The van der Waals surface area contributed by atoms with Crippen LogP contribution in [-0.2, 0) is 0 Å². The lowest BCUT2D eigenvalue weighted by molar-refractivity contribution is 0.618. The summed E-state index contributed by atoms with van der Waals surface area (Å²) in [5, 5.41) is 0.996. The minimum Gasteiger partial charge on any atom is -0.435 e. The van der Waals surface area contributed by atoms with Gasteiger partial charge >= 0.3 is 0 Å². The van der Waals surface area contributed by atoms with Gasteiger partial charge in [0.05, 0.1) is 14.5 Å². The van der Waals surface area contributed by atoms with Gasteiger partial charge in [-0.25, -0.2) is 4.98 Å². The van der Waals surface area contributed by atoms with Crippen molar-refractivity contribution in [1.29, 1.82) is 0 Å². The third kappa shape index (κ3) is 2.38. The number of rotatable bonds is 1. The standard InChI is InChI=1S/C14H8BrCl2NO/c1-7-4-9(15)13-12(5-7)18-14(19-13)8-2-3-10(16)11(17)6-8/h2-6H,1H3. The smallest absolute Gasteiger partial charge is 0.227 e. The normalized spacial score (nSPS) is 11.2. The van der Waals surface area contributed by atoms with Gasteiger partial charge in [-0.2, -0.15) is 0 Å². The van der Waals surface area contributed by atoms with E-state index >= 15 is 0 Å². The summed E-state index contributed by atoms with van der Waals surface area (Å²) in [6.07, 6.45) is 0. The summed E-state index contributed by atoms with van der Waals surface area (Å²) in [6.45, 7) is 2.01. The molecule has 0 saturated carbocycles. The Balaban J connectivity index is 2.20. The molecule has 3 aromatic rings. The molecular formula is C14H8BrCl2NO. The Morgan fingerprint density at radius 2 is 1.89 bits per heavy atom. The highest BCUT2D eigenvalue weighted by Gasteiger charge is 2.12. The molecule has 0 amide bonds. The summed E-state index contributed by atoms with van der Waals surface area (Å²) in [4.78, 5) is 4.48. The van der Waals surface area contributed by atoms with Crippen LogP contribution in [-0.4, -0.2) is 4.98 Å². The molecule has 0 fully saturated rings. The Labute approximate surface area is 128 Å². The number of benzene rings is 2. The second kappa shape index (κ2) is 4.82. The van der Waals surface area contributed by atoms with Crippen molar-refractivity contribution in [3.63, 3.8) is 0 Å². The predicted molar refractivity (Wildman–Crippen MR) is 81.9 cm³/mol. The topological polar surface area (TPSA) is 26.0 Å². The zero-order valence-corrected chi connectivity index (χ0v) is 13.0. The fraction of sp³-hybridized carbons (Fsp3) is 0.0714. The highest BCUT2D eigenvalue weighted by molar-refractivity contribution is 9.10. The van der Waals surface area contributed by atoms with Gasteiger partial charge in [0, 0.05) is 5.56 Å². The van der Waals surface area contributed by atoms with Crippen LogP contribution in [0.25, 0.3) is 22.6 Å². The lowest BCUT2D eigenvalue weighted by atomic mass is 10.2. The number of aryl methyl sites for hydroxylation is 1. The molecule has 0 atom stereocenters. The van der Waals surface area contributed by atoms with Crippen LogP contribution in [0.5, 0.6) is 0 Å². The number of oxazole rings is 1. The molecule has 0 bridgehead atoms. The van der Waals surface area contributed by atoms with E-state index in [9.17, 15) is 0 Å². The molecule has 1 aromatic heterocycles. The lowest BCUT2D eigenvalue weighted by Gasteiger charge is -1.98. The molecule has 0 N–H and O–H groups in total. The average Bonchev–Trinajstić information content (AvgIpc) is 2.76. The summed E-state index contributed by atoms with van der Waals surface area (Å²) in [6, 6.07) is 9.28. The molecule has 5 heteroatoms. The van der Waals surface area contributed by atoms with Gasteiger partial charge in [-0.1, -0.05) is 23.2 Å². The number of halogens is 3. The second-order valence-corrected chi connectivity index (χ2v) is 5.91. The van der Waals surface area contributed by atoms with Gasteiger partial charge in [-0.15, -0.1) is 0 Å². The zero-order valence-electron chi connectivity index (χ0n) is 9.88. The number of hydrogen-bond acceptors (Lipinski definition) is 2. The molecule has 0 aliphatic carbocycles. The Morgan fingerprint density at radius 1 is 1.11 bits per heavy atom. The second-order valence-electron chi connectivity index (χ2n) is 4.24. The maximum absolute atomic E-state index is 6.01. The quantitative estimate of drug-likeness (QED) is 0.544. The Bertz CT molecular complexity index is 782. The molecule has 0 unspecified atom stereocenters. The third-order valence-electron chi connectivity index (χ3n) is 2.76. The minimum atomic E-state index is 0.483. The monoisotopic (exact) mass is 355 g/mol. The van der Waals surface area contributed by atoms with E-state index in [4.69, 9.17) is 27.6 Å². The zero-order chi connectivity index (χ0) is 13.6. The number of hydrogen-bond donors (Lipinski definition) is 0. The van der Waals surface area contributed by atoms with Crippen LogP contribution < -0.4 is 0 Å². The summed E-state index contributed by atoms with van der Waals surface area (Å²) in [5.74, 6) is 0.528. The van der Waals surface area contributed by atoms with Crippen LogP contribution >= 0.6 is 39.1 Å². The fourth-order valence-corrected chi connectivity index (χ4v) is 2.82. The Kier molecular flexibility index (Phi) is 3.29. The van der Waals surface area contributed by atoms with Crippen LogP contribution in [0.4, 0.5) is 0 Å². The largest absolute Gasteiger partial charge is 0.435 e. The fourth-order valence-electron chi connectivity index (χ4n) is 1.88. The van der Waals surface area contributed by atoms with Crippen molar-refractivity contribution in [3.05, 3.63) is 50.4 Å². The van der Waals surface area contributed by atoms with Crippen LogP contribution in [0.2, 0.25) is 10.0 Å². The van der Waals surface area contributed by atoms with E-state index in [-0.39, 0.29) is 0 Å². The van der Waals surface area contributed by atoms with E-state index < -0.39 is 0 Å². The molecule has 0 radical (unpaired) electrons. The minimum absolute atomic E-state index is 0.483. The van der Waals surface area contributed by atoms with Crippen molar-refractivity contribution in [2.45, 2.75) is 6.92 Å². The maximum atomic E-state index is 6.01. The van der Waals surface area contributed by atoms with E-state index in [0.717, 1.165) is 26.7 Å². The number of fused-ring (bicyclic) bond motifs is 1. The molecule has 0 saturated heterocycles. The molecule has 2 nitrogen and oxygen atoms in total. The molecular weight excluding hydrogens is 349 g/mol. The van der Waals surface area contributed by atoms with Crippen LogP contribution in [0.15, 0.2) is 39.2 Å². The Hall–Kier alpha value is -1.03. The van der Waals surface area contributed by atoms with Gasteiger partial charge < -0.3 is 4.42 Å². The van der Waals surface area contributed by atoms with Crippen molar-refractivity contribution in [2.24, 2.45) is 0 Å². The summed E-state index contributed by atoms with van der Waals surface area (Å²) < 4.78 is 6.67. The molecule has 2 aromatic carbocycles. The highest BCUT2D eigenvalue weighted by atomic mass is 79.9. The Morgan fingerprint density at radius 3 is 2.63 bits per heavy atom. The molecule has 0 aliphatic heterocycles. The molecule has 0 spiro atoms. The molecule has 19 heavy (non-hydrogen) atoms. The van der Waals surface area contributed by atoms with Crippen LogP contribution in [0, 0.1) is 6.92 Å². The van der Waals surface area contributed by atoms with Gasteiger partial charge in [0.15, 0.2) is 5.58 Å². The lowest BCUT2D eigenvalue weighted by Crippen LogP contribution is -1.78. The van der Waals surface area contributed by atoms with Crippen molar-refractivity contribution in [2.75, 3.05) is 0 Å². The van der Waals surface area contributed by atoms with Gasteiger partial charge in [-0.05, 0) is 58.7 Å². The van der Waals surface area contributed by atoms with Gasteiger partial charge in [-0.3, -0.25) is 0 Å². The first-order valence-electron chi connectivity index (χ1n) is 5.57. The van der Waals surface area contributed by atoms with Gasteiger partial charge in [0.25, 0.3) is 0 Å². The van der Waals surface area contributed by atoms with Crippen molar-refractivity contribution in [3.8, 4) is 11.5 Å². The first-order chi connectivity index (χ1) is 9.04. The molecule has 1 heterocycles. The van der Waals surface area contributed by atoms with E-state index in [1.54, 1.807) is 12.1 Å². The molecule has 96 valence electrons. The first kappa shape index (κ1) is 13.0. The van der Waals surface area contributed by atoms with Gasteiger partial charge in [0.1, 0.15) is 5.52 Å². The van der Waals surface area contributed by atoms with E-state index in [1.165, 1.54) is 0 Å². The highest BCUT2D eigenvalue weighted by Crippen LogP contribution is 2.33. The third-order valence-corrected chi connectivity index (χ3v) is 4.08. The van der Waals surface area contributed by atoms with Crippen molar-refractivity contribution in [1.82, 2.24) is 4.98 Å². The summed E-state index contributed by atoms with van der Waals surface area (Å²) in [7, 11) is 0. The van der Waals surface area contributed by atoms with E-state index in [1.807, 2.05) is 25.1 Å². The molecule has 0 aliphatic rings. The van der Waals surface area contributed by atoms with Crippen molar-refractivity contribution >= 4 is 50.2 Å². The van der Waals surface area contributed by atoms with Crippen LogP contribution in [0.3, 0.4) is 0 Å². The van der Waals surface area contributed by atoms with E-state index in [0.29, 0.717) is 15.9 Å². The van der Waals surface area contributed by atoms with Crippen LogP contribution in [0.1, 0.15) is 5.56 Å². The summed E-state index contributed by atoms with van der Waals surface area (Å²) in [5.41, 5.74) is 3.46. The molecule has 3 rings (SSSR count).